The van der Waals surface area contributed by atoms with Crippen LogP contribution in [0.3, 0.4) is 0 Å². The Labute approximate surface area is 126 Å². The predicted octanol–water partition coefficient (Wildman–Crippen LogP) is 2.96. The summed E-state index contributed by atoms with van der Waals surface area (Å²) < 4.78 is 0. The van der Waals surface area contributed by atoms with Gasteiger partial charge >= 0.3 is 5.97 Å². The third-order valence-corrected chi connectivity index (χ3v) is 5.84. The number of carboxylic acids is 1. The number of unbranched alkanes of at least 4 members (excludes halogenated alkanes) is 1. The molecular weight excluding hydrogens is 266 g/mol. The minimum Gasteiger partial charge on any atom is -0.481 e. The lowest BCUT2D eigenvalue weighted by Crippen LogP contribution is -2.48. The lowest BCUT2D eigenvalue weighted by atomic mass is 9.49. The molecule has 0 atom stereocenters. The van der Waals surface area contributed by atoms with Gasteiger partial charge in [-0.25, -0.2) is 0 Å². The summed E-state index contributed by atoms with van der Waals surface area (Å²) in [5.41, 5.74) is 0.305. The number of aliphatic carboxylic acids is 1. The zero-order valence-corrected chi connectivity index (χ0v) is 12.8. The molecule has 4 bridgehead atoms. The van der Waals surface area contributed by atoms with E-state index in [1.807, 2.05) is 0 Å². The van der Waals surface area contributed by atoms with E-state index in [9.17, 15) is 9.59 Å². The third-order valence-electron chi connectivity index (χ3n) is 5.84. The van der Waals surface area contributed by atoms with Crippen molar-refractivity contribution in [1.82, 2.24) is 5.32 Å². The standard InChI is InChI=1S/C17H27NO3/c19-15(18-4-2-1-3-16(20)21)11-17-8-12-5-13(9-17)7-14(6-12)10-17/h12-14H,1-11H2,(H,18,19)(H,20,21). The molecule has 4 aliphatic rings. The van der Waals surface area contributed by atoms with Gasteiger partial charge in [0.1, 0.15) is 0 Å². The van der Waals surface area contributed by atoms with Gasteiger partial charge in [0, 0.05) is 19.4 Å². The minimum absolute atomic E-state index is 0.187. The molecule has 4 saturated carbocycles. The summed E-state index contributed by atoms with van der Waals surface area (Å²) in [5.74, 6) is 2.10. The fraction of sp³-hybridized carbons (Fsp3) is 0.882. The summed E-state index contributed by atoms with van der Waals surface area (Å²) in [4.78, 5) is 22.6. The molecular formula is C17H27NO3. The third kappa shape index (κ3) is 3.58. The molecule has 0 aromatic rings. The maximum atomic E-state index is 12.2. The van der Waals surface area contributed by atoms with Gasteiger partial charge in [-0.2, -0.15) is 0 Å². The van der Waals surface area contributed by atoms with Crippen LogP contribution in [-0.2, 0) is 9.59 Å². The van der Waals surface area contributed by atoms with E-state index in [4.69, 9.17) is 5.11 Å². The minimum atomic E-state index is -0.755. The molecule has 4 fully saturated rings. The van der Waals surface area contributed by atoms with Gasteiger partial charge in [0.15, 0.2) is 0 Å². The zero-order valence-electron chi connectivity index (χ0n) is 12.8. The Morgan fingerprint density at radius 2 is 1.57 bits per heavy atom. The van der Waals surface area contributed by atoms with Crippen LogP contribution in [-0.4, -0.2) is 23.5 Å². The van der Waals surface area contributed by atoms with Crippen molar-refractivity contribution in [3.63, 3.8) is 0 Å². The average molecular weight is 293 g/mol. The van der Waals surface area contributed by atoms with E-state index in [1.165, 1.54) is 38.5 Å². The molecule has 1 amide bonds. The van der Waals surface area contributed by atoms with Crippen LogP contribution in [0, 0.1) is 23.2 Å². The fourth-order valence-electron chi connectivity index (χ4n) is 5.54. The molecule has 21 heavy (non-hydrogen) atoms. The Morgan fingerprint density at radius 1 is 1.00 bits per heavy atom. The van der Waals surface area contributed by atoms with Crippen molar-refractivity contribution in [2.45, 2.75) is 64.2 Å². The van der Waals surface area contributed by atoms with Crippen molar-refractivity contribution in [3.8, 4) is 0 Å². The van der Waals surface area contributed by atoms with E-state index in [0.717, 1.165) is 24.2 Å². The largest absolute Gasteiger partial charge is 0.481 e. The highest BCUT2D eigenvalue weighted by Gasteiger charge is 2.51. The van der Waals surface area contributed by atoms with Gasteiger partial charge in [0.2, 0.25) is 5.91 Å². The molecule has 0 radical (unpaired) electrons. The number of carboxylic acid groups (broad SMARTS) is 1. The Kier molecular flexibility index (Phi) is 4.23. The molecule has 4 aliphatic carbocycles. The first-order chi connectivity index (χ1) is 10.0. The van der Waals surface area contributed by atoms with E-state index in [-0.39, 0.29) is 12.3 Å². The monoisotopic (exact) mass is 293 g/mol. The summed E-state index contributed by atoms with van der Waals surface area (Å²) in [6, 6.07) is 0. The molecule has 4 rings (SSSR count). The number of carbonyl (C=O) groups is 2. The first-order valence-corrected chi connectivity index (χ1v) is 8.53. The van der Waals surface area contributed by atoms with Crippen LogP contribution in [0.1, 0.15) is 64.2 Å². The second kappa shape index (κ2) is 5.98. The highest BCUT2D eigenvalue weighted by Crippen LogP contribution is 2.61. The molecule has 0 unspecified atom stereocenters. The number of nitrogens with one attached hydrogen (secondary N) is 1. The second-order valence-corrected chi connectivity index (χ2v) is 7.80. The number of rotatable bonds is 7. The lowest BCUT2D eigenvalue weighted by Gasteiger charge is -2.56. The zero-order chi connectivity index (χ0) is 14.9. The van der Waals surface area contributed by atoms with Crippen LogP contribution < -0.4 is 5.32 Å². The van der Waals surface area contributed by atoms with Crippen LogP contribution >= 0.6 is 0 Å². The van der Waals surface area contributed by atoms with Gasteiger partial charge in [0.25, 0.3) is 0 Å². The molecule has 4 nitrogen and oxygen atoms in total. The van der Waals surface area contributed by atoms with E-state index in [1.54, 1.807) is 0 Å². The number of hydrogen-bond acceptors (Lipinski definition) is 2. The molecule has 0 aliphatic heterocycles. The van der Waals surface area contributed by atoms with Crippen molar-refractivity contribution in [3.05, 3.63) is 0 Å². The fourth-order valence-corrected chi connectivity index (χ4v) is 5.54. The molecule has 2 N–H and O–H groups in total. The van der Waals surface area contributed by atoms with Crippen LogP contribution in [0.4, 0.5) is 0 Å². The van der Waals surface area contributed by atoms with E-state index in [0.29, 0.717) is 24.8 Å². The molecule has 0 spiro atoms. The van der Waals surface area contributed by atoms with Gasteiger partial charge in [-0.05, 0) is 74.5 Å². The molecule has 0 aromatic heterocycles. The van der Waals surface area contributed by atoms with E-state index >= 15 is 0 Å². The van der Waals surface area contributed by atoms with Crippen LogP contribution in [0.2, 0.25) is 0 Å². The molecule has 0 aromatic carbocycles. The van der Waals surface area contributed by atoms with Crippen molar-refractivity contribution in [2.24, 2.45) is 23.2 Å². The lowest BCUT2D eigenvalue weighted by molar-refractivity contribution is -0.137. The van der Waals surface area contributed by atoms with Crippen molar-refractivity contribution >= 4 is 11.9 Å². The van der Waals surface area contributed by atoms with Gasteiger partial charge in [-0.15, -0.1) is 0 Å². The summed E-state index contributed by atoms with van der Waals surface area (Å²) in [5, 5.41) is 11.6. The quantitative estimate of drug-likeness (QED) is 0.709. The van der Waals surface area contributed by atoms with Crippen LogP contribution in [0.25, 0.3) is 0 Å². The molecule has 118 valence electrons. The maximum absolute atomic E-state index is 12.2. The van der Waals surface area contributed by atoms with Gasteiger partial charge < -0.3 is 10.4 Å². The van der Waals surface area contributed by atoms with Crippen LogP contribution in [0.15, 0.2) is 0 Å². The Morgan fingerprint density at radius 3 is 2.10 bits per heavy atom. The summed E-state index contributed by atoms with van der Waals surface area (Å²) in [6.07, 6.45) is 10.4. The van der Waals surface area contributed by atoms with Gasteiger partial charge in [0.05, 0.1) is 0 Å². The molecule has 4 heteroatoms. The normalized spacial score (nSPS) is 36.7. The Balaban J connectivity index is 1.41. The Hall–Kier alpha value is -1.06. The number of amides is 1. The summed E-state index contributed by atoms with van der Waals surface area (Å²) in [7, 11) is 0. The summed E-state index contributed by atoms with van der Waals surface area (Å²) in [6.45, 7) is 0.623. The molecule has 0 saturated heterocycles. The van der Waals surface area contributed by atoms with Crippen molar-refractivity contribution in [1.29, 1.82) is 0 Å². The summed E-state index contributed by atoms with van der Waals surface area (Å²) >= 11 is 0. The highest BCUT2D eigenvalue weighted by molar-refractivity contribution is 5.76. The first kappa shape index (κ1) is 14.9. The highest BCUT2D eigenvalue weighted by atomic mass is 16.4. The average Bonchev–Trinajstić information content (AvgIpc) is 2.35. The number of hydrogen-bond donors (Lipinski definition) is 2. The SMILES string of the molecule is O=C(O)CCCCNC(=O)CC12CC3CC(CC(C3)C1)C2. The van der Waals surface area contributed by atoms with Crippen LogP contribution in [0.5, 0.6) is 0 Å². The van der Waals surface area contributed by atoms with Crippen molar-refractivity contribution in [2.75, 3.05) is 6.54 Å². The Bertz CT molecular complexity index is 383. The van der Waals surface area contributed by atoms with Gasteiger partial charge in [-0.1, -0.05) is 0 Å². The topological polar surface area (TPSA) is 66.4 Å². The van der Waals surface area contributed by atoms with E-state index in [2.05, 4.69) is 5.32 Å². The van der Waals surface area contributed by atoms with Gasteiger partial charge in [-0.3, -0.25) is 9.59 Å². The smallest absolute Gasteiger partial charge is 0.303 e. The predicted molar refractivity (Wildman–Crippen MR) is 79.7 cm³/mol. The first-order valence-electron chi connectivity index (χ1n) is 8.53. The van der Waals surface area contributed by atoms with Crippen molar-refractivity contribution < 1.29 is 14.7 Å². The second-order valence-electron chi connectivity index (χ2n) is 7.80. The maximum Gasteiger partial charge on any atom is 0.303 e. The molecule has 0 heterocycles. The van der Waals surface area contributed by atoms with E-state index < -0.39 is 5.97 Å². The number of carbonyl (C=O) groups excluding carboxylic acids is 1.